The Bertz CT molecular complexity index is 756. The summed E-state index contributed by atoms with van der Waals surface area (Å²) in [7, 11) is -3.80. The SMILES string of the molecule is N#Cc1ccc(S(=O)(=O)NC2CC(N(CC(=O)O)CC3CC3)C2)o1. The molecule has 2 aliphatic rings. The second kappa shape index (κ2) is 6.55. The highest BCUT2D eigenvalue weighted by Gasteiger charge is 2.39. The minimum atomic E-state index is -3.80. The van der Waals surface area contributed by atoms with Gasteiger partial charge in [0.25, 0.3) is 10.0 Å². The fraction of sp³-hybridized carbons (Fsp3) is 0.600. The molecule has 9 heteroatoms. The third-order valence-electron chi connectivity index (χ3n) is 4.44. The molecule has 1 heterocycles. The Labute approximate surface area is 140 Å². The maximum Gasteiger partial charge on any atom is 0.317 e. The maximum atomic E-state index is 12.2. The summed E-state index contributed by atoms with van der Waals surface area (Å²) in [4.78, 5) is 12.9. The molecule has 1 aromatic heterocycles. The number of furan rings is 1. The number of nitrogens with zero attached hydrogens (tertiary/aromatic N) is 2. The van der Waals surface area contributed by atoms with Crippen LogP contribution in [-0.4, -0.2) is 49.6 Å². The van der Waals surface area contributed by atoms with Crippen molar-refractivity contribution < 1.29 is 22.7 Å². The van der Waals surface area contributed by atoms with Crippen molar-refractivity contribution in [1.82, 2.24) is 9.62 Å². The third-order valence-corrected chi connectivity index (χ3v) is 5.83. The molecule has 0 saturated heterocycles. The Morgan fingerprint density at radius 1 is 1.42 bits per heavy atom. The number of sulfonamides is 1. The normalized spacial score (nSPS) is 23.7. The van der Waals surface area contributed by atoms with Crippen molar-refractivity contribution in [3.8, 4) is 6.07 Å². The van der Waals surface area contributed by atoms with Gasteiger partial charge in [-0.2, -0.15) is 5.26 Å². The second-order valence-electron chi connectivity index (χ2n) is 6.44. The lowest BCUT2D eigenvalue weighted by Crippen LogP contribution is -2.55. The van der Waals surface area contributed by atoms with E-state index in [0.717, 1.165) is 19.4 Å². The van der Waals surface area contributed by atoms with E-state index in [2.05, 4.69) is 4.72 Å². The van der Waals surface area contributed by atoms with E-state index in [1.807, 2.05) is 4.90 Å². The van der Waals surface area contributed by atoms with Gasteiger partial charge in [0.2, 0.25) is 10.9 Å². The van der Waals surface area contributed by atoms with Gasteiger partial charge in [-0.25, -0.2) is 13.1 Å². The fourth-order valence-corrected chi connectivity index (χ4v) is 4.13. The lowest BCUT2D eigenvalue weighted by molar-refractivity contribution is -0.139. The molecule has 0 bridgehead atoms. The molecule has 2 aliphatic carbocycles. The fourth-order valence-electron chi connectivity index (χ4n) is 2.93. The monoisotopic (exact) mass is 353 g/mol. The molecule has 0 radical (unpaired) electrons. The van der Waals surface area contributed by atoms with Gasteiger partial charge in [-0.3, -0.25) is 9.69 Å². The first kappa shape index (κ1) is 17.0. The highest BCUT2D eigenvalue weighted by molar-refractivity contribution is 7.89. The molecule has 1 aromatic rings. The standard InChI is InChI=1S/C15H19N3O5S/c16-7-13-3-4-15(23-13)24(21,22)17-11-5-12(6-11)18(9-14(19)20)8-10-1-2-10/h3-4,10-12,17H,1-2,5-6,8-9H2,(H,19,20). The van der Waals surface area contributed by atoms with Crippen molar-refractivity contribution in [2.24, 2.45) is 5.92 Å². The molecule has 2 saturated carbocycles. The van der Waals surface area contributed by atoms with Crippen molar-refractivity contribution in [3.63, 3.8) is 0 Å². The van der Waals surface area contributed by atoms with Gasteiger partial charge >= 0.3 is 5.97 Å². The predicted octanol–water partition coefficient (Wildman–Crippen LogP) is 0.757. The van der Waals surface area contributed by atoms with E-state index in [1.54, 1.807) is 6.07 Å². The third kappa shape index (κ3) is 3.95. The Kier molecular flexibility index (Phi) is 4.62. The van der Waals surface area contributed by atoms with Crippen LogP contribution in [0.1, 0.15) is 31.4 Å². The molecule has 0 atom stereocenters. The largest absolute Gasteiger partial charge is 0.480 e. The molecule has 0 amide bonds. The molecule has 3 rings (SSSR count). The smallest absolute Gasteiger partial charge is 0.317 e. The molecule has 0 aromatic carbocycles. The number of hydrogen-bond donors (Lipinski definition) is 2. The maximum absolute atomic E-state index is 12.2. The van der Waals surface area contributed by atoms with Crippen molar-refractivity contribution >= 4 is 16.0 Å². The lowest BCUT2D eigenvalue weighted by Gasteiger charge is -2.42. The number of hydrogen-bond acceptors (Lipinski definition) is 6. The quantitative estimate of drug-likeness (QED) is 0.707. The molecule has 8 nitrogen and oxygen atoms in total. The molecule has 24 heavy (non-hydrogen) atoms. The number of rotatable bonds is 8. The van der Waals surface area contributed by atoms with E-state index in [-0.39, 0.29) is 29.5 Å². The van der Waals surface area contributed by atoms with E-state index < -0.39 is 16.0 Å². The average Bonchev–Trinajstić information content (AvgIpc) is 3.13. The summed E-state index contributed by atoms with van der Waals surface area (Å²) in [5, 5.41) is 17.4. The zero-order valence-corrected chi connectivity index (χ0v) is 13.8. The van der Waals surface area contributed by atoms with Crippen molar-refractivity contribution in [2.45, 2.75) is 42.9 Å². The second-order valence-corrected chi connectivity index (χ2v) is 8.09. The summed E-state index contributed by atoms with van der Waals surface area (Å²) in [5.74, 6) is -0.342. The van der Waals surface area contributed by atoms with E-state index in [4.69, 9.17) is 14.8 Å². The van der Waals surface area contributed by atoms with Gasteiger partial charge in [-0.15, -0.1) is 0 Å². The van der Waals surface area contributed by atoms with E-state index in [9.17, 15) is 13.2 Å². The van der Waals surface area contributed by atoms with E-state index in [0.29, 0.717) is 18.8 Å². The first-order valence-corrected chi connectivity index (χ1v) is 9.34. The highest BCUT2D eigenvalue weighted by atomic mass is 32.2. The van der Waals surface area contributed by atoms with Gasteiger partial charge in [0.05, 0.1) is 6.54 Å². The summed E-state index contributed by atoms with van der Waals surface area (Å²) < 4.78 is 31.9. The summed E-state index contributed by atoms with van der Waals surface area (Å²) in [6, 6.07) is 4.14. The number of nitriles is 1. The van der Waals surface area contributed by atoms with Crippen LogP contribution in [0.3, 0.4) is 0 Å². The Morgan fingerprint density at radius 2 is 2.12 bits per heavy atom. The zero-order valence-electron chi connectivity index (χ0n) is 13.0. The van der Waals surface area contributed by atoms with Crippen molar-refractivity contribution in [3.05, 3.63) is 17.9 Å². The number of carboxylic acid groups (broad SMARTS) is 1. The highest BCUT2D eigenvalue weighted by Crippen LogP contribution is 2.34. The molecular weight excluding hydrogens is 334 g/mol. The van der Waals surface area contributed by atoms with Crippen LogP contribution >= 0.6 is 0 Å². The number of carbonyl (C=O) groups is 1. The first-order chi connectivity index (χ1) is 11.4. The minimum Gasteiger partial charge on any atom is -0.480 e. The number of nitrogens with one attached hydrogen (secondary N) is 1. The van der Waals surface area contributed by atoms with Crippen LogP contribution in [0.25, 0.3) is 0 Å². The molecule has 0 spiro atoms. The Hall–Kier alpha value is -1.89. The Balaban J connectivity index is 1.55. The Morgan fingerprint density at radius 3 is 2.67 bits per heavy atom. The number of carboxylic acids is 1. The summed E-state index contributed by atoms with van der Waals surface area (Å²) in [5.41, 5.74) is 0. The van der Waals surface area contributed by atoms with E-state index >= 15 is 0 Å². The zero-order chi connectivity index (χ0) is 17.3. The van der Waals surface area contributed by atoms with Crippen LogP contribution in [0.15, 0.2) is 21.6 Å². The van der Waals surface area contributed by atoms with Gasteiger partial charge in [0.1, 0.15) is 6.07 Å². The van der Waals surface area contributed by atoms with Gasteiger partial charge in [0.15, 0.2) is 0 Å². The van der Waals surface area contributed by atoms with Gasteiger partial charge in [-0.05, 0) is 43.7 Å². The van der Waals surface area contributed by atoms with Crippen LogP contribution in [0.4, 0.5) is 0 Å². The first-order valence-electron chi connectivity index (χ1n) is 7.85. The summed E-state index contributed by atoms with van der Waals surface area (Å²) >= 11 is 0. The molecule has 2 fully saturated rings. The topological polar surface area (TPSA) is 124 Å². The van der Waals surface area contributed by atoms with Crippen LogP contribution in [0, 0.1) is 17.2 Å². The molecule has 130 valence electrons. The lowest BCUT2D eigenvalue weighted by atomic mass is 9.86. The van der Waals surface area contributed by atoms with Crippen LogP contribution in [-0.2, 0) is 14.8 Å². The molecular formula is C15H19N3O5S. The molecule has 0 aliphatic heterocycles. The van der Waals surface area contributed by atoms with Gasteiger partial charge in [-0.1, -0.05) is 0 Å². The number of aliphatic carboxylic acids is 1. The minimum absolute atomic E-state index is 0.00957. The van der Waals surface area contributed by atoms with Crippen LogP contribution < -0.4 is 4.72 Å². The van der Waals surface area contributed by atoms with Crippen molar-refractivity contribution in [1.29, 1.82) is 5.26 Å². The van der Waals surface area contributed by atoms with Crippen LogP contribution in [0.2, 0.25) is 0 Å². The molecule has 0 unspecified atom stereocenters. The van der Waals surface area contributed by atoms with Crippen LogP contribution in [0.5, 0.6) is 0 Å². The van der Waals surface area contributed by atoms with E-state index in [1.165, 1.54) is 12.1 Å². The van der Waals surface area contributed by atoms with Gasteiger partial charge in [0, 0.05) is 18.6 Å². The molecule has 2 N–H and O–H groups in total. The summed E-state index contributed by atoms with van der Waals surface area (Å²) in [6.45, 7) is 0.754. The summed E-state index contributed by atoms with van der Waals surface area (Å²) in [6.07, 6.45) is 3.42. The van der Waals surface area contributed by atoms with Crippen molar-refractivity contribution in [2.75, 3.05) is 13.1 Å². The predicted molar refractivity (Wildman–Crippen MR) is 82.5 cm³/mol. The van der Waals surface area contributed by atoms with Gasteiger partial charge < -0.3 is 9.52 Å². The average molecular weight is 353 g/mol.